The number of nitrogens with zero attached hydrogens (tertiary/aromatic N) is 4. The van der Waals surface area contributed by atoms with E-state index in [4.69, 9.17) is 14.9 Å². The van der Waals surface area contributed by atoms with Crippen molar-refractivity contribution >= 4 is 25.3 Å². The fourth-order valence-corrected chi connectivity index (χ4v) is 4.64. The number of hydrogen-bond acceptors (Lipinski definition) is 7. The molecule has 1 fully saturated rings. The Morgan fingerprint density at radius 1 is 1.38 bits per heavy atom. The van der Waals surface area contributed by atoms with Crippen LogP contribution < -0.4 is 5.73 Å². The summed E-state index contributed by atoms with van der Waals surface area (Å²) in [5.41, 5.74) is 4.65. The summed E-state index contributed by atoms with van der Waals surface area (Å²) in [6, 6.07) is 0. The summed E-state index contributed by atoms with van der Waals surface area (Å²) in [4.78, 5) is 11.2. The molecule has 8 nitrogen and oxygen atoms in total. The van der Waals surface area contributed by atoms with E-state index in [1.54, 1.807) is 6.92 Å². The molecule has 0 radical (unpaired) electrons. The molecule has 11 heteroatoms. The molecular weight excluding hydrogens is 400 g/mol. The first-order valence-corrected chi connectivity index (χ1v) is 12.5. The van der Waals surface area contributed by atoms with Crippen LogP contribution in [0.1, 0.15) is 40.3 Å². The van der Waals surface area contributed by atoms with E-state index in [-0.39, 0.29) is 22.0 Å². The third-order valence-electron chi connectivity index (χ3n) is 6.22. The Labute approximate surface area is 169 Å². The first kappa shape index (κ1) is 22.0. The summed E-state index contributed by atoms with van der Waals surface area (Å²) < 4.78 is 43.2. The number of rotatable bonds is 5. The second-order valence-corrected chi connectivity index (χ2v) is 13.8. The van der Waals surface area contributed by atoms with Gasteiger partial charge in [0.2, 0.25) is 0 Å². The van der Waals surface area contributed by atoms with Crippen molar-refractivity contribution < 1.29 is 23.1 Å². The highest BCUT2D eigenvalue weighted by molar-refractivity contribution is 6.74. The van der Waals surface area contributed by atoms with Gasteiger partial charge in [-0.15, -0.1) is 0 Å². The van der Waals surface area contributed by atoms with Crippen molar-refractivity contribution in [1.29, 1.82) is 0 Å². The number of nitrogen functional groups attached to an aromatic ring is 1. The van der Waals surface area contributed by atoms with Crippen LogP contribution >= 0.6 is 0 Å². The molecule has 1 aliphatic rings. The molecule has 3 heterocycles. The first-order chi connectivity index (χ1) is 13.4. The lowest BCUT2D eigenvalue weighted by atomic mass is 9.94. The van der Waals surface area contributed by atoms with E-state index in [1.165, 1.54) is 10.9 Å². The summed E-state index contributed by atoms with van der Waals surface area (Å²) >= 11 is 0. The van der Waals surface area contributed by atoms with Crippen molar-refractivity contribution in [2.75, 3.05) is 12.3 Å². The molecule has 1 saturated heterocycles. The molecule has 162 valence electrons. The van der Waals surface area contributed by atoms with E-state index in [2.05, 4.69) is 35.7 Å². The normalized spacial score (nSPS) is 28.4. The summed E-state index contributed by atoms with van der Waals surface area (Å²) in [5, 5.41) is 9.97. The number of aromatic nitrogens is 4. The van der Waals surface area contributed by atoms with E-state index in [0.717, 1.165) is 0 Å². The number of nitrogens with two attached hydrogens (primary N) is 1. The Kier molecular flexibility index (Phi) is 5.48. The Hall–Kier alpha value is -1.69. The second kappa shape index (κ2) is 7.22. The quantitative estimate of drug-likeness (QED) is 0.556. The van der Waals surface area contributed by atoms with Gasteiger partial charge >= 0.3 is 6.08 Å². The Bertz CT molecular complexity index is 897. The number of aliphatic hydroxyl groups excluding tert-OH is 1. The highest BCUT2D eigenvalue weighted by Gasteiger charge is 2.58. The lowest BCUT2D eigenvalue weighted by Gasteiger charge is -2.42. The van der Waals surface area contributed by atoms with Crippen molar-refractivity contribution in [3.05, 3.63) is 12.4 Å². The van der Waals surface area contributed by atoms with Crippen molar-refractivity contribution in [2.45, 2.75) is 76.4 Å². The van der Waals surface area contributed by atoms with Crippen molar-refractivity contribution in [2.24, 2.45) is 0 Å². The molecule has 0 saturated carbocycles. The molecule has 0 bridgehead atoms. The molecule has 4 atom stereocenters. The number of anilines is 1. The minimum atomic E-state index is -2.38. The summed E-state index contributed by atoms with van der Waals surface area (Å²) in [6.45, 7) is 11.6. The summed E-state index contributed by atoms with van der Waals surface area (Å²) in [5.74, 6) is -0.141. The zero-order chi connectivity index (χ0) is 21.8. The van der Waals surface area contributed by atoms with E-state index < -0.39 is 45.1 Å². The monoisotopic (exact) mass is 429 g/mol. The molecule has 2 aromatic heterocycles. The Balaban J connectivity index is 2.05. The number of halogens is 2. The highest BCUT2D eigenvalue weighted by Crippen LogP contribution is 2.47. The predicted molar refractivity (Wildman–Crippen MR) is 107 cm³/mol. The van der Waals surface area contributed by atoms with Crippen molar-refractivity contribution in [3.63, 3.8) is 0 Å². The maximum Gasteiger partial charge on any atom is 0.312 e. The van der Waals surface area contributed by atoms with Gasteiger partial charge in [0.1, 0.15) is 11.7 Å². The maximum absolute atomic E-state index is 15.8. The molecule has 0 aromatic carbocycles. The van der Waals surface area contributed by atoms with Gasteiger partial charge in [-0.3, -0.25) is 4.57 Å². The fourth-order valence-electron chi connectivity index (χ4n) is 3.31. The number of hydrogen-bond donors (Lipinski definition) is 2. The van der Waals surface area contributed by atoms with Gasteiger partial charge in [0.15, 0.2) is 37.7 Å². The fraction of sp³-hybridized carbons (Fsp3) is 0.722. The van der Waals surface area contributed by atoms with Gasteiger partial charge in [0.05, 0.1) is 12.9 Å². The van der Waals surface area contributed by atoms with Gasteiger partial charge in [-0.1, -0.05) is 27.7 Å². The third kappa shape index (κ3) is 3.54. The number of fused-ring (bicyclic) bond motifs is 1. The molecule has 3 rings (SSSR count). The number of imidazole rings is 1. The van der Waals surface area contributed by atoms with Gasteiger partial charge in [-0.2, -0.15) is 14.4 Å². The van der Waals surface area contributed by atoms with E-state index in [9.17, 15) is 9.50 Å². The van der Waals surface area contributed by atoms with Crippen LogP contribution in [0.15, 0.2) is 6.33 Å². The minimum Gasteiger partial charge on any atom is -0.408 e. The van der Waals surface area contributed by atoms with Crippen molar-refractivity contribution in [1.82, 2.24) is 19.5 Å². The van der Waals surface area contributed by atoms with Crippen LogP contribution in [0.25, 0.3) is 11.2 Å². The SMILES string of the molecule is CC[C@]1(CO)O[C@@H](n2cnc3c(N)nc(F)nc32)[C@@H](F)[C@@H]1O[Si](C)(C)C(C)(C)C. The summed E-state index contributed by atoms with van der Waals surface area (Å²) in [7, 11) is -2.38. The van der Waals surface area contributed by atoms with Crippen LogP contribution in [0, 0.1) is 6.08 Å². The van der Waals surface area contributed by atoms with Gasteiger partial charge in [-0.25, -0.2) is 9.37 Å². The molecule has 0 unspecified atom stereocenters. The molecule has 0 aliphatic carbocycles. The number of aliphatic hydroxyl groups is 1. The standard InChI is InChI=1S/C18H29F2N5O3Si/c1-7-18(8-26)12(28-29(5,6)17(2,3)4)10(19)15(27-18)25-9-22-11-13(21)23-16(20)24-14(11)25/h9-10,12,15,26H,7-8H2,1-6H3,(H2,21,23,24)/t10-,12-,15+,18+/m0/s1. The molecule has 2 aromatic rings. The topological polar surface area (TPSA) is 108 Å². The van der Waals surface area contributed by atoms with Gasteiger partial charge in [0.25, 0.3) is 0 Å². The largest absolute Gasteiger partial charge is 0.408 e. The smallest absolute Gasteiger partial charge is 0.312 e. The van der Waals surface area contributed by atoms with Crippen LogP contribution in [0.2, 0.25) is 18.1 Å². The zero-order valence-electron chi connectivity index (χ0n) is 17.6. The molecule has 29 heavy (non-hydrogen) atoms. The van der Waals surface area contributed by atoms with Crippen LogP contribution in [-0.2, 0) is 9.16 Å². The zero-order valence-corrected chi connectivity index (χ0v) is 18.6. The van der Waals surface area contributed by atoms with E-state index in [0.29, 0.717) is 6.42 Å². The van der Waals surface area contributed by atoms with Gasteiger partial charge in [0, 0.05) is 0 Å². The maximum atomic E-state index is 15.8. The third-order valence-corrected chi connectivity index (χ3v) is 10.7. The van der Waals surface area contributed by atoms with Gasteiger partial charge in [-0.05, 0) is 24.6 Å². The van der Waals surface area contributed by atoms with Crippen LogP contribution in [0.5, 0.6) is 0 Å². The molecular formula is C18H29F2N5O3Si. The highest BCUT2D eigenvalue weighted by atomic mass is 28.4. The second-order valence-electron chi connectivity index (χ2n) is 9.03. The lowest BCUT2D eigenvalue weighted by Crippen LogP contribution is -2.54. The van der Waals surface area contributed by atoms with Crippen molar-refractivity contribution in [3.8, 4) is 0 Å². The first-order valence-electron chi connectivity index (χ1n) is 9.63. The molecule has 0 spiro atoms. The Morgan fingerprint density at radius 2 is 2.03 bits per heavy atom. The van der Waals surface area contributed by atoms with Crippen LogP contribution in [-0.4, -0.2) is 57.4 Å². The molecule has 0 amide bonds. The van der Waals surface area contributed by atoms with E-state index in [1.807, 2.05) is 13.1 Å². The van der Waals surface area contributed by atoms with Gasteiger partial charge < -0.3 is 20.0 Å². The minimum absolute atomic E-state index is 0.0265. The summed E-state index contributed by atoms with van der Waals surface area (Å²) in [6.07, 6.45) is -3.24. The molecule has 1 aliphatic heterocycles. The average Bonchev–Trinajstić information content (AvgIpc) is 3.14. The van der Waals surface area contributed by atoms with E-state index >= 15 is 4.39 Å². The van der Waals surface area contributed by atoms with Crippen LogP contribution in [0.4, 0.5) is 14.6 Å². The molecule has 3 N–H and O–H groups in total. The van der Waals surface area contributed by atoms with Crippen LogP contribution in [0.3, 0.4) is 0 Å². The number of ether oxygens (including phenoxy) is 1. The average molecular weight is 430 g/mol. The predicted octanol–water partition coefficient (Wildman–Crippen LogP) is 2.95. The number of alkyl halides is 1. The Morgan fingerprint density at radius 3 is 2.59 bits per heavy atom. The lowest BCUT2D eigenvalue weighted by molar-refractivity contribution is -0.126.